The van der Waals surface area contributed by atoms with Crippen LogP contribution in [-0.4, -0.2) is 54.3 Å². The Morgan fingerprint density at radius 1 is 1.02 bits per heavy atom. The molecule has 5 aromatic rings. The number of aromatic nitrogens is 5. The normalized spacial score (nSPS) is 20.4. The van der Waals surface area contributed by atoms with Gasteiger partial charge in [0.05, 0.1) is 17.4 Å². The fourth-order valence-corrected chi connectivity index (χ4v) is 11.5. The summed E-state index contributed by atoms with van der Waals surface area (Å²) in [6.07, 6.45) is 8.78. The summed E-state index contributed by atoms with van der Waals surface area (Å²) in [5.41, 5.74) is 10.6. The summed E-state index contributed by atoms with van der Waals surface area (Å²) in [6.45, 7) is 18.4. The van der Waals surface area contributed by atoms with Crippen LogP contribution in [0.25, 0.3) is 22.3 Å². The summed E-state index contributed by atoms with van der Waals surface area (Å²) in [4.78, 5) is 9.36. The molecule has 241 valence electrons. The van der Waals surface area contributed by atoms with Crippen molar-refractivity contribution in [2.45, 2.75) is 83.0 Å². The van der Waals surface area contributed by atoms with E-state index in [2.05, 4.69) is 128 Å². The van der Waals surface area contributed by atoms with Crippen LogP contribution in [0.4, 0.5) is 0 Å². The predicted octanol–water partition coefficient (Wildman–Crippen LogP) is 6.49. The topological polar surface area (TPSA) is 83.8 Å². The van der Waals surface area contributed by atoms with Crippen molar-refractivity contribution in [2.24, 2.45) is 11.7 Å². The Kier molecular flexibility index (Phi) is 8.97. The lowest BCUT2D eigenvalue weighted by Gasteiger charge is -2.55. The molecule has 0 saturated heterocycles. The second kappa shape index (κ2) is 12.7. The third-order valence-electron chi connectivity index (χ3n) is 9.65. The summed E-state index contributed by atoms with van der Waals surface area (Å²) >= 11 is 0. The summed E-state index contributed by atoms with van der Waals surface area (Å²) < 4.78 is 10.3. The SMILES string of the molecule is CC1CC(CN)(n2cc(-c3ncnc4c3ccn4COCC[Si](C)(C)C)cn2)C1c1ccccc1[Si](c1ccccc1)C(C)(C)C. The number of ether oxygens (including phenoxy) is 1. The molecular formula is C37H49N6OSi2. The molecule has 7 nitrogen and oxygen atoms in total. The molecule has 1 radical (unpaired) electrons. The smallest absolute Gasteiger partial charge is 0.145 e. The highest BCUT2D eigenvalue weighted by Crippen LogP contribution is 2.54. The van der Waals surface area contributed by atoms with Crippen molar-refractivity contribution in [1.82, 2.24) is 24.3 Å². The van der Waals surface area contributed by atoms with Gasteiger partial charge < -0.3 is 15.0 Å². The highest BCUT2D eigenvalue weighted by Gasteiger charge is 2.55. The number of rotatable bonds is 11. The van der Waals surface area contributed by atoms with Crippen LogP contribution in [0.5, 0.6) is 0 Å². The van der Waals surface area contributed by atoms with Gasteiger partial charge in [-0.05, 0) is 35.1 Å². The zero-order chi connectivity index (χ0) is 32.7. The first-order chi connectivity index (χ1) is 21.9. The maximum absolute atomic E-state index is 6.75. The van der Waals surface area contributed by atoms with Gasteiger partial charge in [0.1, 0.15) is 27.5 Å². The quantitative estimate of drug-likeness (QED) is 0.131. The zero-order valence-electron chi connectivity index (χ0n) is 28.5. The third kappa shape index (κ3) is 6.18. The molecule has 1 aliphatic carbocycles. The van der Waals surface area contributed by atoms with Crippen molar-refractivity contribution in [3.8, 4) is 11.3 Å². The Morgan fingerprint density at radius 2 is 1.76 bits per heavy atom. The molecule has 6 rings (SSSR count). The Labute approximate surface area is 276 Å². The van der Waals surface area contributed by atoms with Crippen molar-refractivity contribution in [3.63, 3.8) is 0 Å². The number of benzene rings is 2. The average Bonchev–Trinajstić information content (AvgIpc) is 3.66. The first kappa shape index (κ1) is 32.6. The molecule has 46 heavy (non-hydrogen) atoms. The summed E-state index contributed by atoms with van der Waals surface area (Å²) in [6, 6.07) is 23.5. The first-order valence-electron chi connectivity index (χ1n) is 16.6. The minimum absolute atomic E-state index is 0.132. The van der Waals surface area contributed by atoms with Gasteiger partial charge in [-0.2, -0.15) is 5.10 Å². The molecule has 3 atom stereocenters. The number of hydrogen-bond acceptors (Lipinski definition) is 5. The van der Waals surface area contributed by atoms with E-state index in [9.17, 15) is 0 Å². The molecule has 1 fully saturated rings. The Hall–Kier alpha value is -3.38. The van der Waals surface area contributed by atoms with Crippen LogP contribution in [0.2, 0.25) is 30.7 Å². The van der Waals surface area contributed by atoms with E-state index >= 15 is 0 Å². The molecule has 2 aromatic carbocycles. The van der Waals surface area contributed by atoms with Crippen LogP contribution < -0.4 is 16.1 Å². The lowest BCUT2D eigenvalue weighted by molar-refractivity contribution is 0.0324. The number of hydrogen-bond donors (Lipinski definition) is 1. The largest absolute Gasteiger partial charge is 0.361 e. The van der Waals surface area contributed by atoms with E-state index in [1.807, 2.05) is 12.4 Å². The molecule has 9 heteroatoms. The number of nitrogens with two attached hydrogens (primary N) is 1. The van der Waals surface area contributed by atoms with Gasteiger partial charge in [0.25, 0.3) is 0 Å². The van der Waals surface area contributed by atoms with E-state index in [1.54, 1.807) is 6.33 Å². The fraction of sp³-hybridized carbons (Fsp3) is 0.432. The highest BCUT2D eigenvalue weighted by atomic mass is 28.3. The van der Waals surface area contributed by atoms with Gasteiger partial charge in [0.15, 0.2) is 0 Å². The van der Waals surface area contributed by atoms with Crippen molar-refractivity contribution in [1.29, 1.82) is 0 Å². The predicted molar refractivity (Wildman–Crippen MR) is 194 cm³/mol. The van der Waals surface area contributed by atoms with Crippen molar-refractivity contribution in [2.75, 3.05) is 13.2 Å². The van der Waals surface area contributed by atoms with Crippen molar-refractivity contribution >= 4 is 38.3 Å². The van der Waals surface area contributed by atoms with Gasteiger partial charge in [0, 0.05) is 50.5 Å². The number of nitrogens with zero attached hydrogens (tertiary/aromatic N) is 5. The van der Waals surface area contributed by atoms with Gasteiger partial charge >= 0.3 is 0 Å². The van der Waals surface area contributed by atoms with Gasteiger partial charge in [-0.15, -0.1) is 0 Å². The van der Waals surface area contributed by atoms with E-state index in [0.29, 0.717) is 19.2 Å². The fourth-order valence-electron chi connectivity index (χ4n) is 7.47. The van der Waals surface area contributed by atoms with E-state index in [-0.39, 0.29) is 16.5 Å². The Balaban J connectivity index is 1.33. The van der Waals surface area contributed by atoms with E-state index in [0.717, 1.165) is 41.4 Å². The number of fused-ring (bicyclic) bond motifs is 1. The van der Waals surface area contributed by atoms with Gasteiger partial charge in [-0.3, -0.25) is 4.68 Å². The molecule has 0 bridgehead atoms. The Morgan fingerprint density at radius 3 is 2.46 bits per heavy atom. The van der Waals surface area contributed by atoms with Crippen LogP contribution in [0.3, 0.4) is 0 Å². The minimum Gasteiger partial charge on any atom is -0.361 e. The molecule has 2 N–H and O–H groups in total. The first-order valence-corrected chi connectivity index (χ1v) is 21.8. The molecule has 0 amide bonds. The molecular weight excluding hydrogens is 601 g/mol. The molecule has 1 saturated carbocycles. The van der Waals surface area contributed by atoms with Crippen molar-refractivity contribution in [3.05, 3.63) is 91.1 Å². The molecule has 3 unspecified atom stereocenters. The van der Waals surface area contributed by atoms with E-state index in [4.69, 9.17) is 20.6 Å². The van der Waals surface area contributed by atoms with Crippen molar-refractivity contribution < 1.29 is 4.74 Å². The van der Waals surface area contributed by atoms with E-state index in [1.165, 1.54) is 15.9 Å². The second-order valence-corrected chi connectivity index (χ2v) is 24.3. The van der Waals surface area contributed by atoms with Crippen LogP contribution in [0.1, 0.15) is 45.6 Å². The molecule has 0 spiro atoms. The highest BCUT2D eigenvalue weighted by molar-refractivity contribution is 6.87. The van der Waals surface area contributed by atoms with Crippen LogP contribution in [-0.2, 0) is 17.0 Å². The molecule has 3 aromatic heterocycles. The summed E-state index contributed by atoms with van der Waals surface area (Å²) in [5, 5.41) is 9.07. The van der Waals surface area contributed by atoms with Gasteiger partial charge in [-0.1, -0.05) is 112 Å². The average molecular weight is 650 g/mol. The van der Waals surface area contributed by atoms with Crippen LogP contribution in [0.15, 0.2) is 85.6 Å². The second-order valence-electron chi connectivity index (χ2n) is 15.3. The van der Waals surface area contributed by atoms with Gasteiger partial charge in [-0.25, -0.2) is 9.97 Å². The van der Waals surface area contributed by atoms with Crippen LogP contribution in [0, 0.1) is 5.92 Å². The molecule has 3 heterocycles. The maximum atomic E-state index is 6.75. The maximum Gasteiger partial charge on any atom is 0.145 e. The summed E-state index contributed by atoms with van der Waals surface area (Å²) in [5.74, 6) is 0.740. The standard InChI is InChI=1S/C37H49N6OSi2/c1-27-21-37(24-38,33(27)30-15-11-12-16-32(30)45(36(2,3)4)29-13-9-8-10-14-29)43-23-28(22-41-43)34-31-17-18-42(35(31)40-25-39-34)26-44-19-20-46(5,6)7/h8-18,22-23,25,27,33H,19-21,24,26,38H2,1-7H3. The van der Waals surface area contributed by atoms with E-state index < -0.39 is 16.9 Å². The minimum atomic E-state index is -1.14. The Bertz CT molecular complexity index is 1790. The summed E-state index contributed by atoms with van der Waals surface area (Å²) in [7, 11) is -2.24. The molecule has 1 aliphatic rings. The lowest BCUT2D eigenvalue weighted by atomic mass is 9.57. The van der Waals surface area contributed by atoms with Crippen LogP contribution >= 0.6 is 0 Å². The third-order valence-corrected chi connectivity index (χ3v) is 14.8. The monoisotopic (exact) mass is 649 g/mol. The van der Waals surface area contributed by atoms with Gasteiger partial charge in [0.2, 0.25) is 0 Å². The lowest BCUT2D eigenvalue weighted by Crippen LogP contribution is -2.60. The molecule has 0 aliphatic heterocycles. The zero-order valence-corrected chi connectivity index (χ0v) is 30.5.